The van der Waals surface area contributed by atoms with Gasteiger partial charge in [0.1, 0.15) is 6.61 Å². The van der Waals surface area contributed by atoms with Gasteiger partial charge in [-0.3, -0.25) is 9.59 Å². The maximum atomic E-state index is 11.7. The third-order valence-corrected chi connectivity index (χ3v) is 4.05. The maximum Gasteiger partial charge on any atom is 0.329 e. The molecule has 2 amide bonds. The van der Waals surface area contributed by atoms with Crippen LogP contribution in [0.3, 0.4) is 0 Å². The van der Waals surface area contributed by atoms with E-state index in [2.05, 4.69) is 31.8 Å². The molecule has 0 aliphatic carbocycles. The first-order valence-corrected chi connectivity index (χ1v) is 9.38. The number of ether oxygens (including phenoxy) is 2. The highest BCUT2D eigenvalue weighted by Gasteiger charge is 2.14. The van der Waals surface area contributed by atoms with Gasteiger partial charge in [-0.15, -0.1) is 0 Å². The van der Waals surface area contributed by atoms with Gasteiger partial charge in [-0.25, -0.2) is 5.43 Å². The Kier molecular flexibility index (Phi) is 8.01. The number of hydrazone groups is 1. The number of nitrogens with zero attached hydrogens (tertiary/aromatic N) is 1. The minimum absolute atomic E-state index is 0.140. The summed E-state index contributed by atoms with van der Waals surface area (Å²) in [7, 11) is 1.54. The van der Waals surface area contributed by atoms with Gasteiger partial charge in [-0.05, 0) is 43.7 Å². The largest absolute Gasteiger partial charge is 0.493 e. The Morgan fingerprint density at radius 2 is 1.86 bits per heavy atom. The van der Waals surface area contributed by atoms with E-state index >= 15 is 0 Å². The van der Waals surface area contributed by atoms with Crippen LogP contribution in [0.4, 0.5) is 0 Å². The summed E-state index contributed by atoms with van der Waals surface area (Å²) in [5.74, 6) is -0.572. The van der Waals surface area contributed by atoms with Gasteiger partial charge in [0.2, 0.25) is 0 Å². The van der Waals surface area contributed by atoms with Crippen LogP contribution in [0, 0.1) is 0 Å². The first-order chi connectivity index (χ1) is 13.4. The number of amides is 2. The average molecular weight is 448 g/mol. The van der Waals surface area contributed by atoms with Crippen LogP contribution < -0.4 is 20.2 Å². The van der Waals surface area contributed by atoms with Crippen LogP contribution >= 0.6 is 15.9 Å². The molecule has 0 saturated carbocycles. The molecule has 2 rings (SSSR count). The van der Waals surface area contributed by atoms with E-state index in [0.717, 1.165) is 10.0 Å². The summed E-state index contributed by atoms with van der Waals surface area (Å²) < 4.78 is 12.3. The standard InChI is InChI=1S/C20H22BrN3O4/c1-13(2)23-19(25)20(26)24-22-11-15-5-4-6-17(27-3)18(15)28-12-14-7-9-16(21)10-8-14/h4-11,13H,12H2,1-3H3,(H,23,25)(H,24,26)/b22-11-. The quantitative estimate of drug-likeness (QED) is 0.387. The zero-order valence-corrected chi connectivity index (χ0v) is 17.4. The zero-order valence-electron chi connectivity index (χ0n) is 15.9. The predicted molar refractivity (Wildman–Crippen MR) is 110 cm³/mol. The Labute approximate surface area is 172 Å². The van der Waals surface area contributed by atoms with E-state index in [0.29, 0.717) is 23.7 Å². The molecule has 0 spiro atoms. The van der Waals surface area contributed by atoms with Gasteiger partial charge in [-0.2, -0.15) is 5.10 Å². The van der Waals surface area contributed by atoms with Crippen LogP contribution in [0.15, 0.2) is 52.0 Å². The number of carbonyl (C=O) groups is 2. The van der Waals surface area contributed by atoms with E-state index in [9.17, 15) is 9.59 Å². The Bertz CT molecular complexity index is 851. The van der Waals surface area contributed by atoms with Crippen molar-refractivity contribution in [3.63, 3.8) is 0 Å². The normalized spacial score (nSPS) is 10.8. The van der Waals surface area contributed by atoms with Crippen molar-refractivity contribution < 1.29 is 19.1 Å². The third kappa shape index (κ3) is 6.38. The third-order valence-electron chi connectivity index (χ3n) is 3.52. The summed E-state index contributed by atoms with van der Waals surface area (Å²) in [6, 6.07) is 12.9. The molecular formula is C20H22BrN3O4. The minimum atomic E-state index is -0.842. The fourth-order valence-corrected chi connectivity index (χ4v) is 2.49. The Balaban J connectivity index is 2.10. The van der Waals surface area contributed by atoms with Crippen molar-refractivity contribution in [1.82, 2.24) is 10.7 Å². The molecule has 28 heavy (non-hydrogen) atoms. The first-order valence-electron chi connectivity index (χ1n) is 8.59. The number of hydrogen-bond acceptors (Lipinski definition) is 5. The van der Waals surface area contributed by atoms with E-state index in [-0.39, 0.29) is 6.04 Å². The highest BCUT2D eigenvalue weighted by molar-refractivity contribution is 9.10. The number of rotatable bonds is 7. The molecule has 2 aromatic carbocycles. The fourth-order valence-electron chi connectivity index (χ4n) is 2.22. The van der Waals surface area contributed by atoms with E-state index in [1.165, 1.54) is 6.21 Å². The number of benzene rings is 2. The Morgan fingerprint density at radius 3 is 2.50 bits per heavy atom. The summed E-state index contributed by atoms with van der Waals surface area (Å²) in [6.45, 7) is 3.86. The highest BCUT2D eigenvalue weighted by Crippen LogP contribution is 2.30. The summed E-state index contributed by atoms with van der Waals surface area (Å²) in [6.07, 6.45) is 1.40. The van der Waals surface area contributed by atoms with Crippen LogP contribution in [-0.4, -0.2) is 31.2 Å². The molecule has 7 nitrogen and oxygen atoms in total. The van der Waals surface area contributed by atoms with Gasteiger partial charge in [0, 0.05) is 16.1 Å². The number of hydrogen-bond donors (Lipinski definition) is 2. The molecule has 8 heteroatoms. The Morgan fingerprint density at radius 1 is 1.14 bits per heavy atom. The van der Waals surface area contributed by atoms with Crippen molar-refractivity contribution in [2.45, 2.75) is 26.5 Å². The average Bonchev–Trinajstić information content (AvgIpc) is 2.67. The van der Waals surface area contributed by atoms with Crippen LogP contribution in [0.25, 0.3) is 0 Å². The first kappa shape index (κ1) is 21.4. The summed E-state index contributed by atoms with van der Waals surface area (Å²) in [5, 5.41) is 6.34. The summed E-state index contributed by atoms with van der Waals surface area (Å²) >= 11 is 3.40. The maximum absolute atomic E-state index is 11.7. The van der Waals surface area contributed by atoms with Crippen molar-refractivity contribution in [2.75, 3.05) is 7.11 Å². The molecular weight excluding hydrogens is 426 g/mol. The van der Waals surface area contributed by atoms with Crippen molar-refractivity contribution in [1.29, 1.82) is 0 Å². The molecule has 2 N–H and O–H groups in total. The smallest absolute Gasteiger partial charge is 0.329 e. The lowest BCUT2D eigenvalue weighted by Gasteiger charge is -2.13. The second kappa shape index (κ2) is 10.5. The van der Waals surface area contributed by atoms with Gasteiger partial charge in [0.25, 0.3) is 0 Å². The van der Waals surface area contributed by atoms with Gasteiger partial charge in [0.15, 0.2) is 11.5 Å². The van der Waals surface area contributed by atoms with Crippen LogP contribution in [0.2, 0.25) is 0 Å². The molecule has 0 aliphatic rings. The Hall–Kier alpha value is -2.87. The number of halogens is 1. The van der Waals surface area contributed by atoms with Gasteiger partial charge in [-0.1, -0.05) is 34.1 Å². The minimum Gasteiger partial charge on any atom is -0.493 e. The fraction of sp³-hybridized carbons (Fsp3) is 0.250. The topological polar surface area (TPSA) is 89.0 Å². The molecule has 0 aromatic heterocycles. The van der Waals surface area contributed by atoms with Crippen LogP contribution in [0.5, 0.6) is 11.5 Å². The zero-order chi connectivity index (χ0) is 20.5. The number of carbonyl (C=O) groups excluding carboxylic acids is 2. The van der Waals surface area contributed by atoms with Crippen molar-refractivity contribution in [2.24, 2.45) is 5.10 Å². The van der Waals surface area contributed by atoms with Gasteiger partial charge >= 0.3 is 11.8 Å². The number of nitrogens with one attached hydrogen (secondary N) is 2. The van der Waals surface area contributed by atoms with Crippen LogP contribution in [-0.2, 0) is 16.2 Å². The van der Waals surface area contributed by atoms with Gasteiger partial charge < -0.3 is 14.8 Å². The lowest BCUT2D eigenvalue weighted by atomic mass is 10.2. The molecule has 0 saturated heterocycles. The van der Waals surface area contributed by atoms with Crippen molar-refractivity contribution in [3.05, 3.63) is 58.1 Å². The molecule has 0 radical (unpaired) electrons. The van der Waals surface area contributed by atoms with E-state index < -0.39 is 11.8 Å². The molecule has 0 heterocycles. The SMILES string of the molecule is COc1cccc(/C=N\NC(=O)C(=O)NC(C)C)c1OCc1ccc(Br)cc1. The molecule has 0 atom stereocenters. The summed E-state index contributed by atoms with van der Waals surface area (Å²) in [4.78, 5) is 23.3. The highest BCUT2D eigenvalue weighted by atomic mass is 79.9. The lowest BCUT2D eigenvalue weighted by molar-refractivity contribution is -0.139. The number of methoxy groups -OCH3 is 1. The molecule has 0 unspecified atom stereocenters. The molecule has 0 aliphatic heterocycles. The van der Waals surface area contributed by atoms with Crippen molar-refractivity contribution >= 4 is 34.0 Å². The summed E-state index contributed by atoms with van der Waals surface area (Å²) in [5.41, 5.74) is 3.78. The van der Waals surface area contributed by atoms with E-state index in [1.54, 1.807) is 39.2 Å². The molecule has 0 bridgehead atoms. The van der Waals surface area contributed by atoms with Gasteiger partial charge in [0.05, 0.1) is 13.3 Å². The van der Waals surface area contributed by atoms with E-state index in [4.69, 9.17) is 9.47 Å². The molecule has 2 aromatic rings. The molecule has 0 fully saturated rings. The monoisotopic (exact) mass is 447 g/mol. The second-order valence-electron chi connectivity index (χ2n) is 6.12. The predicted octanol–water partition coefficient (Wildman–Crippen LogP) is 3.01. The van der Waals surface area contributed by atoms with Crippen LogP contribution in [0.1, 0.15) is 25.0 Å². The lowest BCUT2D eigenvalue weighted by Crippen LogP contribution is -2.41. The van der Waals surface area contributed by atoms with E-state index in [1.807, 2.05) is 24.3 Å². The van der Waals surface area contributed by atoms with Crippen molar-refractivity contribution in [3.8, 4) is 11.5 Å². The molecule has 148 valence electrons. The number of para-hydroxylation sites is 1. The second-order valence-corrected chi connectivity index (χ2v) is 7.04.